The van der Waals surface area contributed by atoms with Gasteiger partial charge in [0.05, 0.1) is 24.9 Å². The average molecular weight is 287 g/mol. The summed E-state index contributed by atoms with van der Waals surface area (Å²) in [5, 5.41) is 7.30. The first-order valence-corrected chi connectivity index (χ1v) is 7.04. The van der Waals surface area contributed by atoms with Crippen LogP contribution in [0.2, 0.25) is 0 Å². The lowest BCUT2D eigenvalue weighted by Crippen LogP contribution is -2.27. The third-order valence-electron chi connectivity index (χ3n) is 3.61. The summed E-state index contributed by atoms with van der Waals surface area (Å²) in [5.41, 5.74) is 2.64. The van der Waals surface area contributed by atoms with Crippen LogP contribution < -0.4 is 10.1 Å². The van der Waals surface area contributed by atoms with Gasteiger partial charge in [0, 0.05) is 17.8 Å². The van der Waals surface area contributed by atoms with E-state index in [-0.39, 0.29) is 11.9 Å². The number of ether oxygens (including phenoxy) is 1. The first kappa shape index (κ1) is 15.1. The number of aromatic nitrogens is 2. The van der Waals surface area contributed by atoms with Crippen LogP contribution in [-0.2, 0) is 6.54 Å². The predicted octanol–water partition coefficient (Wildman–Crippen LogP) is 2.71. The molecule has 0 fully saturated rings. The quantitative estimate of drug-likeness (QED) is 0.920. The molecular weight excluding hydrogens is 266 g/mol. The molecule has 0 bridgehead atoms. The van der Waals surface area contributed by atoms with Gasteiger partial charge in [-0.1, -0.05) is 12.1 Å². The summed E-state index contributed by atoms with van der Waals surface area (Å²) in [4.78, 5) is 12.4. The maximum atomic E-state index is 12.4. The highest BCUT2D eigenvalue weighted by Crippen LogP contribution is 2.20. The van der Waals surface area contributed by atoms with Crippen LogP contribution in [0.25, 0.3) is 0 Å². The van der Waals surface area contributed by atoms with Crippen LogP contribution in [0.4, 0.5) is 0 Å². The van der Waals surface area contributed by atoms with Crippen molar-refractivity contribution in [2.75, 3.05) is 7.11 Å². The van der Waals surface area contributed by atoms with Gasteiger partial charge in [0.15, 0.2) is 0 Å². The average Bonchev–Trinajstić information content (AvgIpc) is 2.88. The Kier molecular flexibility index (Phi) is 4.62. The molecule has 1 aromatic carbocycles. The highest BCUT2D eigenvalue weighted by Gasteiger charge is 2.18. The largest absolute Gasteiger partial charge is 0.496 e. The Labute approximate surface area is 124 Å². The van der Waals surface area contributed by atoms with Crippen LogP contribution >= 0.6 is 0 Å². The molecule has 2 rings (SSSR count). The standard InChI is InChI=1S/C16H21N3O2/c1-5-19-12(3)14(10-17-19)11(2)18-16(20)13-8-6-7-9-15(13)21-4/h6-11H,5H2,1-4H3,(H,18,20). The first-order valence-electron chi connectivity index (χ1n) is 7.04. The Hall–Kier alpha value is -2.30. The highest BCUT2D eigenvalue weighted by molar-refractivity contribution is 5.97. The smallest absolute Gasteiger partial charge is 0.255 e. The summed E-state index contributed by atoms with van der Waals surface area (Å²) in [5.74, 6) is 0.423. The van der Waals surface area contributed by atoms with Gasteiger partial charge in [-0.2, -0.15) is 5.10 Å². The molecule has 0 saturated carbocycles. The van der Waals surface area contributed by atoms with E-state index in [1.807, 2.05) is 43.8 Å². The molecule has 1 amide bonds. The predicted molar refractivity (Wildman–Crippen MR) is 81.5 cm³/mol. The van der Waals surface area contributed by atoms with Crippen LogP contribution in [0, 0.1) is 6.92 Å². The van der Waals surface area contributed by atoms with Crippen molar-refractivity contribution >= 4 is 5.91 Å². The summed E-state index contributed by atoms with van der Waals surface area (Å²) in [6, 6.07) is 7.09. The molecule has 2 aromatic rings. The molecule has 112 valence electrons. The van der Waals surface area contributed by atoms with E-state index >= 15 is 0 Å². The van der Waals surface area contributed by atoms with E-state index in [0.29, 0.717) is 11.3 Å². The number of rotatable bonds is 5. The van der Waals surface area contributed by atoms with Crippen LogP contribution in [-0.4, -0.2) is 22.8 Å². The van der Waals surface area contributed by atoms with Gasteiger partial charge < -0.3 is 10.1 Å². The Morgan fingerprint density at radius 3 is 2.76 bits per heavy atom. The van der Waals surface area contributed by atoms with Gasteiger partial charge >= 0.3 is 0 Å². The van der Waals surface area contributed by atoms with E-state index in [1.165, 1.54) is 0 Å². The van der Waals surface area contributed by atoms with Crippen molar-refractivity contribution in [3.63, 3.8) is 0 Å². The maximum absolute atomic E-state index is 12.4. The molecule has 0 radical (unpaired) electrons. The lowest BCUT2D eigenvalue weighted by atomic mass is 10.1. The fourth-order valence-corrected chi connectivity index (χ4v) is 2.39. The number of carbonyl (C=O) groups is 1. The van der Waals surface area contributed by atoms with Crippen molar-refractivity contribution in [3.05, 3.63) is 47.3 Å². The van der Waals surface area contributed by atoms with Crippen LogP contribution in [0.1, 0.15) is 41.5 Å². The van der Waals surface area contributed by atoms with Crippen LogP contribution in [0.3, 0.4) is 0 Å². The number of para-hydroxylation sites is 1. The summed E-state index contributed by atoms with van der Waals surface area (Å²) < 4.78 is 7.14. The van der Waals surface area contributed by atoms with E-state index in [9.17, 15) is 4.79 Å². The second kappa shape index (κ2) is 6.43. The Morgan fingerprint density at radius 1 is 1.43 bits per heavy atom. The van der Waals surface area contributed by atoms with Crippen LogP contribution in [0.5, 0.6) is 5.75 Å². The number of nitrogens with one attached hydrogen (secondary N) is 1. The number of carbonyl (C=O) groups excluding carboxylic acids is 1. The van der Waals surface area contributed by atoms with Crippen molar-refractivity contribution in [2.45, 2.75) is 33.4 Å². The number of aryl methyl sites for hydroxylation is 1. The summed E-state index contributed by atoms with van der Waals surface area (Å²) in [6.07, 6.45) is 1.81. The van der Waals surface area contributed by atoms with Crippen molar-refractivity contribution in [1.82, 2.24) is 15.1 Å². The molecular formula is C16H21N3O2. The number of nitrogens with zero attached hydrogens (tertiary/aromatic N) is 2. The minimum atomic E-state index is -0.149. The van der Waals surface area contributed by atoms with E-state index in [2.05, 4.69) is 10.4 Å². The maximum Gasteiger partial charge on any atom is 0.255 e. The minimum Gasteiger partial charge on any atom is -0.496 e. The molecule has 0 aliphatic rings. The molecule has 5 heteroatoms. The van der Waals surface area contributed by atoms with Gasteiger partial charge in [-0.15, -0.1) is 0 Å². The second-order valence-corrected chi connectivity index (χ2v) is 4.90. The zero-order chi connectivity index (χ0) is 15.4. The molecule has 21 heavy (non-hydrogen) atoms. The summed E-state index contributed by atoms with van der Waals surface area (Å²) in [6.45, 7) is 6.83. The van der Waals surface area contributed by atoms with Crippen molar-refractivity contribution in [2.24, 2.45) is 0 Å². The van der Waals surface area contributed by atoms with Gasteiger partial charge in [0.2, 0.25) is 0 Å². The van der Waals surface area contributed by atoms with Crippen molar-refractivity contribution in [3.8, 4) is 5.75 Å². The SMILES string of the molecule is CCn1ncc(C(C)NC(=O)c2ccccc2OC)c1C. The fourth-order valence-electron chi connectivity index (χ4n) is 2.39. The molecule has 0 aliphatic carbocycles. The Balaban J connectivity index is 2.17. The van der Waals surface area contributed by atoms with Gasteiger partial charge in [-0.3, -0.25) is 9.48 Å². The van der Waals surface area contributed by atoms with Gasteiger partial charge in [0.1, 0.15) is 5.75 Å². The van der Waals surface area contributed by atoms with Crippen LogP contribution in [0.15, 0.2) is 30.5 Å². The molecule has 1 N–H and O–H groups in total. The highest BCUT2D eigenvalue weighted by atomic mass is 16.5. The lowest BCUT2D eigenvalue weighted by Gasteiger charge is -2.15. The zero-order valence-corrected chi connectivity index (χ0v) is 12.9. The Morgan fingerprint density at radius 2 is 2.14 bits per heavy atom. The van der Waals surface area contributed by atoms with Crippen molar-refractivity contribution in [1.29, 1.82) is 0 Å². The molecule has 0 saturated heterocycles. The molecule has 0 spiro atoms. The molecule has 1 unspecified atom stereocenters. The number of benzene rings is 1. The summed E-state index contributed by atoms with van der Waals surface area (Å²) >= 11 is 0. The lowest BCUT2D eigenvalue weighted by molar-refractivity contribution is 0.0937. The van der Waals surface area contributed by atoms with E-state index in [1.54, 1.807) is 19.2 Å². The number of methoxy groups -OCH3 is 1. The third kappa shape index (κ3) is 3.07. The number of amides is 1. The second-order valence-electron chi connectivity index (χ2n) is 4.90. The van der Waals surface area contributed by atoms with E-state index in [4.69, 9.17) is 4.74 Å². The molecule has 0 aliphatic heterocycles. The fraction of sp³-hybridized carbons (Fsp3) is 0.375. The Bertz CT molecular complexity index is 634. The van der Waals surface area contributed by atoms with E-state index < -0.39 is 0 Å². The van der Waals surface area contributed by atoms with E-state index in [0.717, 1.165) is 17.8 Å². The molecule has 1 atom stereocenters. The van der Waals surface area contributed by atoms with Gasteiger partial charge in [-0.25, -0.2) is 0 Å². The van der Waals surface area contributed by atoms with Gasteiger partial charge in [-0.05, 0) is 32.9 Å². The molecule has 1 aromatic heterocycles. The zero-order valence-electron chi connectivity index (χ0n) is 12.9. The summed E-state index contributed by atoms with van der Waals surface area (Å²) in [7, 11) is 1.56. The minimum absolute atomic E-state index is 0.109. The van der Waals surface area contributed by atoms with Crippen molar-refractivity contribution < 1.29 is 9.53 Å². The molecule has 5 nitrogen and oxygen atoms in total. The topological polar surface area (TPSA) is 56.2 Å². The normalized spacial score (nSPS) is 12.0. The van der Waals surface area contributed by atoms with Gasteiger partial charge in [0.25, 0.3) is 5.91 Å². The molecule has 1 heterocycles. The first-order chi connectivity index (χ1) is 10.1. The third-order valence-corrected chi connectivity index (χ3v) is 3.61. The number of hydrogen-bond acceptors (Lipinski definition) is 3. The number of hydrogen-bond donors (Lipinski definition) is 1. The monoisotopic (exact) mass is 287 g/mol.